The summed E-state index contributed by atoms with van der Waals surface area (Å²) in [5.41, 5.74) is 0.642. The topological polar surface area (TPSA) is 46.6 Å². The molecule has 0 aromatic heterocycles. The molecule has 1 fully saturated rings. The van der Waals surface area contributed by atoms with Crippen LogP contribution in [0.5, 0.6) is 0 Å². The Bertz CT molecular complexity index is 504. The van der Waals surface area contributed by atoms with Gasteiger partial charge in [-0.15, -0.1) is 0 Å². The minimum absolute atomic E-state index is 0.0275. The Morgan fingerprint density at radius 3 is 2.95 bits per heavy atom. The third-order valence-electron chi connectivity index (χ3n) is 3.40. The van der Waals surface area contributed by atoms with Crippen LogP contribution in [0.1, 0.15) is 30.1 Å². The summed E-state index contributed by atoms with van der Waals surface area (Å²) in [5.74, 6) is -0.417. The molecule has 0 radical (unpaired) electrons. The minimum atomic E-state index is -0.195. The molecule has 4 nitrogen and oxygen atoms in total. The van der Waals surface area contributed by atoms with Gasteiger partial charge in [0.05, 0.1) is 12.5 Å². The number of carbonyl (C=O) groups is 2. The maximum absolute atomic E-state index is 12.4. The molecule has 0 unspecified atom stereocenters. The van der Waals surface area contributed by atoms with E-state index < -0.39 is 0 Å². The normalized spacial score (nSPS) is 18.7. The molecule has 0 N–H and O–H groups in total. The van der Waals surface area contributed by atoms with Crippen molar-refractivity contribution in [2.75, 3.05) is 19.7 Å². The van der Waals surface area contributed by atoms with Crippen LogP contribution >= 0.6 is 15.9 Å². The summed E-state index contributed by atoms with van der Waals surface area (Å²) < 4.78 is 5.93. The summed E-state index contributed by atoms with van der Waals surface area (Å²) in [6.07, 6.45) is 1.63. The number of hydrogen-bond acceptors (Lipinski definition) is 3. The average Bonchev–Trinajstić information content (AvgIpc) is 2.47. The number of piperidine rings is 1. The number of rotatable bonds is 3. The van der Waals surface area contributed by atoms with Gasteiger partial charge in [0.2, 0.25) is 0 Å². The molecule has 1 amide bonds. The van der Waals surface area contributed by atoms with Gasteiger partial charge in [0.1, 0.15) is 0 Å². The summed E-state index contributed by atoms with van der Waals surface area (Å²) in [5, 5.41) is 0. The first-order valence-corrected chi connectivity index (χ1v) is 7.62. The standard InChI is InChI=1S/C15H18BrNO3/c1-2-20-15(19)12-6-4-8-17(10-12)14(18)11-5-3-7-13(16)9-11/h3,5,7,9,12H,2,4,6,8,10H2,1H3/t12-/m0/s1. The number of hydrogen-bond donors (Lipinski definition) is 0. The SMILES string of the molecule is CCOC(=O)[C@H]1CCCN(C(=O)c2cccc(Br)c2)C1. The lowest BCUT2D eigenvalue weighted by Crippen LogP contribution is -2.42. The Hall–Kier alpha value is -1.36. The Morgan fingerprint density at radius 1 is 1.45 bits per heavy atom. The fraction of sp³-hybridized carbons (Fsp3) is 0.467. The second-order valence-electron chi connectivity index (χ2n) is 4.85. The van der Waals surface area contributed by atoms with Crippen LogP contribution in [-0.2, 0) is 9.53 Å². The van der Waals surface area contributed by atoms with Crippen molar-refractivity contribution in [1.29, 1.82) is 0 Å². The Balaban J connectivity index is 2.05. The lowest BCUT2D eigenvalue weighted by atomic mass is 9.97. The van der Waals surface area contributed by atoms with Crippen LogP contribution in [0.15, 0.2) is 28.7 Å². The van der Waals surface area contributed by atoms with Gasteiger partial charge in [0.15, 0.2) is 0 Å². The number of amides is 1. The van der Waals surface area contributed by atoms with Crippen molar-refractivity contribution in [3.05, 3.63) is 34.3 Å². The zero-order chi connectivity index (χ0) is 14.5. The highest BCUT2D eigenvalue weighted by molar-refractivity contribution is 9.10. The highest BCUT2D eigenvalue weighted by Gasteiger charge is 2.29. The smallest absolute Gasteiger partial charge is 0.310 e. The lowest BCUT2D eigenvalue weighted by molar-refractivity contribution is -0.149. The van der Waals surface area contributed by atoms with E-state index in [-0.39, 0.29) is 17.8 Å². The minimum Gasteiger partial charge on any atom is -0.466 e. The number of likely N-dealkylation sites (tertiary alicyclic amines) is 1. The molecule has 1 saturated heterocycles. The molecule has 0 bridgehead atoms. The van der Waals surface area contributed by atoms with Gasteiger partial charge < -0.3 is 9.64 Å². The van der Waals surface area contributed by atoms with E-state index in [9.17, 15) is 9.59 Å². The molecule has 5 heteroatoms. The summed E-state index contributed by atoms with van der Waals surface area (Å²) in [6, 6.07) is 7.32. The number of halogens is 1. The molecule has 0 aliphatic carbocycles. The third kappa shape index (κ3) is 3.60. The Labute approximate surface area is 127 Å². The summed E-state index contributed by atoms with van der Waals surface area (Å²) >= 11 is 3.37. The third-order valence-corrected chi connectivity index (χ3v) is 3.89. The Kier molecular flexibility index (Phi) is 5.17. The van der Waals surface area contributed by atoms with Gasteiger partial charge in [0.25, 0.3) is 5.91 Å². The fourth-order valence-corrected chi connectivity index (χ4v) is 2.82. The molecule has 1 aromatic rings. The van der Waals surface area contributed by atoms with Crippen LogP contribution in [0, 0.1) is 5.92 Å². The molecule has 1 atom stereocenters. The lowest BCUT2D eigenvalue weighted by Gasteiger charge is -2.31. The molecule has 0 spiro atoms. The second kappa shape index (κ2) is 6.88. The molecule has 20 heavy (non-hydrogen) atoms. The van der Waals surface area contributed by atoms with Gasteiger partial charge in [-0.3, -0.25) is 9.59 Å². The summed E-state index contributed by atoms with van der Waals surface area (Å²) in [7, 11) is 0. The number of ether oxygens (including phenoxy) is 1. The molecule has 1 aliphatic heterocycles. The van der Waals surface area contributed by atoms with Crippen molar-refractivity contribution >= 4 is 27.8 Å². The van der Waals surface area contributed by atoms with Crippen molar-refractivity contribution in [1.82, 2.24) is 4.90 Å². The van der Waals surface area contributed by atoms with Crippen LogP contribution in [0.25, 0.3) is 0 Å². The van der Waals surface area contributed by atoms with Gasteiger partial charge >= 0.3 is 5.97 Å². The fourth-order valence-electron chi connectivity index (χ4n) is 2.42. The molecule has 1 heterocycles. The number of carbonyl (C=O) groups excluding carboxylic acids is 2. The van der Waals surface area contributed by atoms with Crippen molar-refractivity contribution < 1.29 is 14.3 Å². The van der Waals surface area contributed by atoms with Crippen LogP contribution in [0.3, 0.4) is 0 Å². The van der Waals surface area contributed by atoms with E-state index in [2.05, 4.69) is 15.9 Å². The van der Waals surface area contributed by atoms with Gasteiger partial charge in [-0.05, 0) is 38.0 Å². The highest BCUT2D eigenvalue weighted by Crippen LogP contribution is 2.21. The molecule has 1 aliphatic rings. The van der Waals surface area contributed by atoms with E-state index in [4.69, 9.17) is 4.74 Å². The number of nitrogens with zero attached hydrogens (tertiary/aromatic N) is 1. The molecule has 1 aromatic carbocycles. The van der Waals surface area contributed by atoms with Crippen LogP contribution in [0.4, 0.5) is 0 Å². The van der Waals surface area contributed by atoms with E-state index in [1.165, 1.54) is 0 Å². The largest absolute Gasteiger partial charge is 0.466 e. The first-order valence-electron chi connectivity index (χ1n) is 6.83. The second-order valence-corrected chi connectivity index (χ2v) is 5.77. The first kappa shape index (κ1) is 15.0. The maximum Gasteiger partial charge on any atom is 0.310 e. The molecular weight excluding hydrogens is 322 g/mol. The number of benzene rings is 1. The van der Waals surface area contributed by atoms with Gasteiger partial charge in [-0.2, -0.15) is 0 Å². The van der Waals surface area contributed by atoms with Gasteiger partial charge in [-0.1, -0.05) is 22.0 Å². The maximum atomic E-state index is 12.4. The van der Waals surface area contributed by atoms with Gasteiger partial charge in [-0.25, -0.2) is 0 Å². The van der Waals surface area contributed by atoms with Crippen molar-refractivity contribution in [2.45, 2.75) is 19.8 Å². The Morgan fingerprint density at radius 2 is 2.25 bits per heavy atom. The highest BCUT2D eigenvalue weighted by atomic mass is 79.9. The zero-order valence-corrected chi connectivity index (χ0v) is 13.1. The number of esters is 1. The monoisotopic (exact) mass is 339 g/mol. The van der Waals surface area contributed by atoms with E-state index in [0.29, 0.717) is 25.3 Å². The van der Waals surface area contributed by atoms with E-state index in [1.54, 1.807) is 24.0 Å². The summed E-state index contributed by atoms with van der Waals surface area (Å²) in [4.78, 5) is 26.0. The van der Waals surface area contributed by atoms with Crippen molar-refractivity contribution in [2.24, 2.45) is 5.92 Å². The van der Waals surface area contributed by atoms with Crippen LogP contribution in [-0.4, -0.2) is 36.5 Å². The molecule has 2 rings (SSSR count). The average molecular weight is 340 g/mol. The van der Waals surface area contributed by atoms with Crippen LogP contribution in [0.2, 0.25) is 0 Å². The summed E-state index contributed by atoms with van der Waals surface area (Å²) in [6.45, 7) is 3.32. The zero-order valence-electron chi connectivity index (χ0n) is 11.5. The first-order chi connectivity index (χ1) is 9.61. The van der Waals surface area contributed by atoms with Crippen LogP contribution < -0.4 is 0 Å². The van der Waals surface area contributed by atoms with Gasteiger partial charge in [0, 0.05) is 23.1 Å². The predicted molar refractivity (Wildman–Crippen MR) is 79.4 cm³/mol. The molecule has 108 valence electrons. The molecule has 0 saturated carbocycles. The molecular formula is C15H18BrNO3. The van der Waals surface area contributed by atoms with E-state index in [1.807, 2.05) is 12.1 Å². The van der Waals surface area contributed by atoms with Crippen molar-refractivity contribution in [3.63, 3.8) is 0 Å². The van der Waals surface area contributed by atoms with E-state index >= 15 is 0 Å². The predicted octanol–water partition coefficient (Wildman–Crippen LogP) is 2.86. The quantitative estimate of drug-likeness (QED) is 0.795. The van der Waals surface area contributed by atoms with Crippen molar-refractivity contribution in [3.8, 4) is 0 Å². The van der Waals surface area contributed by atoms with E-state index in [0.717, 1.165) is 17.3 Å².